The van der Waals surface area contributed by atoms with Crippen LogP contribution >= 0.6 is 0 Å². The van der Waals surface area contributed by atoms with Gasteiger partial charge in [-0.3, -0.25) is 0 Å². The van der Waals surface area contributed by atoms with Gasteiger partial charge in [0, 0.05) is 19.1 Å². The van der Waals surface area contributed by atoms with Crippen LogP contribution in [-0.4, -0.2) is 38.1 Å². The maximum atomic E-state index is 3.55. The minimum atomic E-state index is 0.719. The molecule has 0 radical (unpaired) electrons. The molecule has 0 aliphatic heterocycles. The zero-order chi connectivity index (χ0) is 14.2. The summed E-state index contributed by atoms with van der Waals surface area (Å²) in [7, 11) is 4.41. The Kier molecular flexibility index (Phi) is 6.55. The molecule has 0 aromatic heterocycles. The Morgan fingerprint density at radius 3 is 2.60 bits per heavy atom. The zero-order valence-electron chi connectivity index (χ0n) is 13.1. The molecule has 1 aromatic carbocycles. The van der Waals surface area contributed by atoms with Crippen LogP contribution in [0.2, 0.25) is 0 Å². The fourth-order valence-electron chi connectivity index (χ4n) is 3.44. The molecule has 1 aromatic rings. The molecule has 20 heavy (non-hydrogen) atoms. The predicted molar refractivity (Wildman–Crippen MR) is 87.1 cm³/mol. The van der Waals surface area contributed by atoms with Crippen molar-refractivity contribution in [3.05, 3.63) is 35.9 Å². The van der Waals surface area contributed by atoms with E-state index in [-0.39, 0.29) is 0 Å². The van der Waals surface area contributed by atoms with Crippen LogP contribution < -0.4 is 5.32 Å². The molecule has 2 nitrogen and oxygen atoms in total. The average Bonchev–Trinajstić information content (AvgIpc) is 2.71. The van der Waals surface area contributed by atoms with Gasteiger partial charge in [-0.2, -0.15) is 0 Å². The molecular formula is C18H30N2. The van der Waals surface area contributed by atoms with Gasteiger partial charge in [0.05, 0.1) is 0 Å². The Balaban J connectivity index is 1.78. The molecule has 0 heterocycles. The summed E-state index contributed by atoms with van der Waals surface area (Å²) < 4.78 is 0. The summed E-state index contributed by atoms with van der Waals surface area (Å²) in [5.74, 6) is 0.822. The molecule has 0 spiro atoms. The quantitative estimate of drug-likeness (QED) is 0.801. The van der Waals surface area contributed by atoms with E-state index in [9.17, 15) is 0 Å². The second-order valence-corrected chi connectivity index (χ2v) is 6.29. The van der Waals surface area contributed by atoms with Crippen molar-refractivity contribution in [3.63, 3.8) is 0 Å². The van der Waals surface area contributed by atoms with Gasteiger partial charge in [-0.25, -0.2) is 0 Å². The summed E-state index contributed by atoms with van der Waals surface area (Å²) in [6, 6.07) is 11.5. The van der Waals surface area contributed by atoms with Crippen LogP contribution in [0.15, 0.2) is 30.3 Å². The molecule has 1 aliphatic rings. The molecule has 0 amide bonds. The van der Waals surface area contributed by atoms with Crippen LogP contribution in [0, 0.1) is 5.92 Å². The first-order valence-electron chi connectivity index (χ1n) is 8.19. The first-order chi connectivity index (χ1) is 9.79. The molecule has 1 saturated carbocycles. The van der Waals surface area contributed by atoms with E-state index < -0.39 is 0 Å². The Morgan fingerprint density at radius 2 is 1.85 bits per heavy atom. The molecule has 0 bridgehead atoms. The lowest BCUT2D eigenvalue weighted by Crippen LogP contribution is -2.39. The van der Waals surface area contributed by atoms with Crippen LogP contribution in [0.3, 0.4) is 0 Å². The van der Waals surface area contributed by atoms with E-state index in [1.165, 1.54) is 44.2 Å². The maximum Gasteiger partial charge on any atom is 0.0104 e. The molecule has 1 fully saturated rings. The fourth-order valence-corrected chi connectivity index (χ4v) is 3.44. The van der Waals surface area contributed by atoms with Gasteiger partial charge in [0.15, 0.2) is 0 Å². The van der Waals surface area contributed by atoms with E-state index in [1.54, 1.807) is 0 Å². The molecular weight excluding hydrogens is 244 g/mol. The van der Waals surface area contributed by atoms with Crippen molar-refractivity contribution in [2.75, 3.05) is 27.2 Å². The SMILES string of the molecule is CNC1CCCCCC1CN(C)CCc1ccccc1. The lowest BCUT2D eigenvalue weighted by atomic mass is 9.94. The molecule has 0 saturated heterocycles. The second kappa shape index (κ2) is 8.43. The normalized spacial score (nSPS) is 23.8. The Labute approximate surface area is 124 Å². The summed E-state index contributed by atoms with van der Waals surface area (Å²) >= 11 is 0. The monoisotopic (exact) mass is 274 g/mol. The van der Waals surface area contributed by atoms with Crippen molar-refractivity contribution >= 4 is 0 Å². The lowest BCUT2D eigenvalue weighted by molar-refractivity contribution is 0.231. The van der Waals surface area contributed by atoms with Gasteiger partial charge in [0.2, 0.25) is 0 Å². The van der Waals surface area contributed by atoms with Gasteiger partial charge in [-0.05, 0) is 44.8 Å². The standard InChI is InChI=1S/C18H30N2/c1-19-18-12-8-4-7-11-17(18)15-20(2)14-13-16-9-5-3-6-10-16/h3,5-6,9-10,17-19H,4,7-8,11-15H2,1-2H3. The summed E-state index contributed by atoms with van der Waals surface area (Å²) in [6.45, 7) is 2.40. The first kappa shape index (κ1) is 15.5. The van der Waals surface area contributed by atoms with E-state index in [1.807, 2.05) is 0 Å². The highest BCUT2D eigenvalue weighted by Crippen LogP contribution is 2.24. The Hall–Kier alpha value is -0.860. The molecule has 2 atom stereocenters. The van der Waals surface area contributed by atoms with E-state index in [4.69, 9.17) is 0 Å². The molecule has 1 N–H and O–H groups in total. The van der Waals surface area contributed by atoms with Gasteiger partial charge >= 0.3 is 0 Å². The third kappa shape index (κ3) is 4.92. The van der Waals surface area contributed by atoms with Crippen molar-refractivity contribution < 1.29 is 0 Å². The van der Waals surface area contributed by atoms with Crippen molar-refractivity contribution in [1.29, 1.82) is 0 Å². The largest absolute Gasteiger partial charge is 0.317 e. The van der Waals surface area contributed by atoms with Crippen molar-refractivity contribution in [2.24, 2.45) is 5.92 Å². The average molecular weight is 274 g/mol. The molecule has 2 heteroatoms. The number of hydrogen-bond donors (Lipinski definition) is 1. The van der Waals surface area contributed by atoms with E-state index in [2.05, 4.69) is 54.6 Å². The maximum absolute atomic E-state index is 3.55. The first-order valence-corrected chi connectivity index (χ1v) is 8.19. The summed E-state index contributed by atoms with van der Waals surface area (Å²) in [4.78, 5) is 2.52. The van der Waals surface area contributed by atoms with Crippen LogP contribution in [0.1, 0.15) is 37.7 Å². The van der Waals surface area contributed by atoms with E-state index >= 15 is 0 Å². The van der Waals surface area contributed by atoms with Gasteiger partial charge < -0.3 is 10.2 Å². The van der Waals surface area contributed by atoms with E-state index in [0.29, 0.717) is 0 Å². The summed E-state index contributed by atoms with van der Waals surface area (Å²) in [5.41, 5.74) is 1.45. The number of nitrogens with zero attached hydrogens (tertiary/aromatic N) is 1. The molecule has 112 valence electrons. The predicted octanol–water partition coefficient (Wildman–Crippen LogP) is 3.33. The highest BCUT2D eigenvalue weighted by Gasteiger charge is 2.23. The second-order valence-electron chi connectivity index (χ2n) is 6.29. The van der Waals surface area contributed by atoms with Crippen molar-refractivity contribution in [3.8, 4) is 0 Å². The van der Waals surface area contributed by atoms with Crippen LogP contribution in [0.5, 0.6) is 0 Å². The van der Waals surface area contributed by atoms with E-state index in [0.717, 1.165) is 24.9 Å². The lowest BCUT2D eigenvalue weighted by Gasteiger charge is -2.29. The third-order valence-electron chi connectivity index (χ3n) is 4.70. The topological polar surface area (TPSA) is 15.3 Å². The number of likely N-dealkylation sites (N-methyl/N-ethyl adjacent to an activating group) is 1. The van der Waals surface area contributed by atoms with Gasteiger partial charge in [0.25, 0.3) is 0 Å². The number of nitrogens with one attached hydrogen (secondary N) is 1. The Bertz CT molecular complexity index is 363. The minimum absolute atomic E-state index is 0.719. The minimum Gasteiger partial charge on any atom is -0.317 e. The van der Waals surface area contributed by atoms with Crippen molar-refractivity contribution in [1.82, 2.24) is 10.2 Å². The highest BCUT2D eigenvalue weighted by molar-refractivity contribution is 5.14. The number of rotatable bonds is 6. The Morgan fingerprint density at radius 1 is 1.10 bits per heavy atom. The number of benzene rings is 1. The summed E-state index contributed by atoms with van der Waals surface area (Å²) in [5, 5.41) is 3.55. The summed E-state index contributed by atoms with van der Waals surface area (Å²) in [6.07, 6.45) is 8.14. The van der Waals surface area contributed by atoms with Crippen LogP contribution in [0.25, 0.3) is 0 Å². The van der Waals surface area contributed by atoms with Crippen molar-refractivity contribution in [2.45, 2.75) is 44.6 Å². The zero-order valence-corrected chi connectivity index (χ0v) is 13.1. The van der Waals surface area contributed by atoms with Gasteiger partial charge in [0.1, 0.15) is 0 Å². The smallest absolute Gasteiger partial charge is 0.0104 e. The van der Waals surface area contributed by atoms with Gasteiger partial charge in [-0.15, -0.1) is 0 Å². The number of hydrogen-bond acceptors (Lipinski definition) is 2. The van der Waals surface area contributed by atoms with Gasteiger partial charge in [-0.1, -0.05) is 49.6 Å². The molecule has 2 rings (SSSR count). The van der Waals surface area contributed by atoms with Crippen LogP contribution in [-0.2, 0) is 6.42 Å². The fraction of sp³-hybridized carbons (Fsp3) is 0.667. The molecule has 2 unspecified atom stereocenters. The van der Waals surface area contributed by atoms with Crippen LogP contribution in [0.4, 0.5) is 0 Å². The third-order valence-corrected chi connectivity index (χ3v) is 4.70. The molecule has 1 aliphatic carbocycles. The highest BCUT2D eigenvalue weighted by atomic mass is 15.1.